The highest BCUT2D eigenvalue weighted by molar-refractivity contribution is 7.99. The predicted octanol–water partition coefficient (Wildman–Crippen LogP) is 1.72. The summed E-state index contributed by atoms with van der Waals surface area (Å²) in [7, 11) is 0. The minimum absolute atomic E-state index is 0.0913. The summed E-state index contributed by atoms with van der Waals surface area (Å²) < 4.78 is 6.05. The van der Waals surface area contributed by atoms with Crippen LogP contribution in [0.1, 0.15) is 11.6 Å². The summed E-state index contributed by atoms with van der Waals surface area (Å²) in [6.07, 6.45) is 3.30. The molecule has 6 heteroatoms. The molecule has 0 saturated carbocycles. The largest absolute Gasteiger partial charge is 0.486 e. The lowest BCUT2D eigenvalue weighted by Gasteiger charge is -2.32. The molecular formula is C14H16N4OS. The minimum Gasteiger partial charge on any atom is -0.486 e. The van der Waals surface area contributed by atoms with Crippen LogP contribution in [0.5, 0.6) is 5.75 Å². The maximum Gasteiger partial charge on any atom is 0.133 e. The van der Waals surface area contributed by atoms with Gasteiger partial charge in [-0.05, 0) is 18.2 Å². The second-order valence-corrected chi connectivity index (χ2v) is 5.62. The van der Waals surface area contributed by atoms with E-state index in [1.54, 1.807) is 30.2 Å². The van der Waals surface area contributed by atoms with E-state index in [4.69, 9.17) is 16.3 Å². The molecule has 5 nitrogen and oxygen atoms in total. The molecule has 3 rings (SSSR count). The van der Waals surface area contributed by atoms with Crippen molar-refractivity contribution in [1.29, 1.82) is 0 Å². The van der Waals surface area contributed by atoms with E-state index in [0.29, 0.717) is 5.69 Å². The lowest BCUT2D eigenvalue weighted by atomic mass is 10.0. The van der Waals surface area contributed by atoms with Crippen molar-refractivity contribution in [3.8, 4) is 5.75 Å². The first-order valence-corrected chi connectivity index (χ1v) is 7.32. The van der Waals surface area contributed by atoms with Crippen molar-refractivity contribution < 1.29 is 4.74 Å². The molecule has 2 atom stereocenters. The van der Waals surface area contributed by atoms with Crippen LogP contribution in [-0.4, -0.2) is 16.8 Å². The molecule has 20 heavy (non-hydrogen) atoms. The van der Waals surface area contributed by atoms with Crippen LogP contribution in [0.25, 0.3) is 0 Å². The average Bonchev–Trinajstić information content (AvgIpc) is 2.50. The van der Waals surface area contributed by atoms with Crippen LogP contribution >= 0.6 is 11.8 Å². The summed E-state index contributed by atoms with van der Waals surface area (Å²) in [5.41, 5.74) is 10.3. The maximum absolute atomic E-state index is 6.05. The van der Waals surface area contributed by atoms with E-state index in [2.05, 4.69) is 16.5 Å². The Morgan fingerprint density at radius 1 is 1.35 bits per heavy atom. The van der Waals surface area contributed by atoms with Crippen LogP contribution in [0.15, 0.2) is 47.6 Å². The Morgan fingerprint density at radius 3 is 3.00 bits per heavy atom. The SMILES string of the molecule is NNC(c1cnccc1N)C1CSc2ccccc2O1. The number of aromatic nitrogens is 1. The zero-order chi connectivity index (χ0) is 13.9. The van der Waals surface area contributed by atoms with Crippen molar-refractivity contribution in [1.82, 2.24) is 10.4 Å². The van der Waals surface area contributed by atoms with Crippen molar-refractivity contribution in [2.24, 2.45) is 5.84 Å². The van der Waals surface area contributed by atoms with Crippen LogP contribution in [0.2, 0.25) is 0 Å². The molecule has 104 valence electrons. The second-order valence-electron chi connectivity index (χ2n) is 4.56. The number of para-hydroxylation sites is 1. The lowest BCUT2D eigenvalue weighted by molar-refractivity contribution is 0.167. The number of hydrazine groups is 1. The van der Waals surface area contributed by atoms with Gasteiger partial charge in [-0.1, -0.05) is 12.1 Å². The molecule has 0 radical (unpaired) electrons. The molecule has 0 spiro atoms. The molecule has 1 aromatic heterocycles. The highest BCUT2D eigenvalue weighted by Gasteiger charge is 2.29. The summed E-state index contributed by atoms with van der Waals surface area (Å²) in [6, 6.07) is 9.57. The van der Waals surface area contributed by atoms with Gasteiger partial charge in [-0.15, -0.1) is 11.8 Å². The van der Waals surface area contributed by atoms with Crippen LogP contribution < -0.4 is 21.7 Å². The molecule has 2 unspecified atom stereocenters. The van der Waals surface area contributed by atoms with E-state index >= 15 is 0 Å². The molecule has 0 fully saturated rings. The maximum atomic E-state index is 6.05. The number of pyridine rings is 1. The number of benzene rings is 1. The molecule has 0 aliphatic carbocycles. The first kappa shape index (κ1) is 13.2. The minimum atomic E-state index is -0.190. The standard InChI is InChI=1S/C14H16N4OS/c15-10-5-6-17-7-9(10)14(18-16)12-8-20-13-4-2-1-3-11(13)19-12/h1-7,12,14,18H,8,16H2,(H2,15,17). The number of ether oxygens (including phenoxy) is 1. The van der Waals surface area contributed by atoms with Crippen LogP contribution in [-0.2, 0) is 0 Å². The molecule has 1 aromatic carbocycles. The predicted molar refractivity (Wildman–Crippen MR) is 80.3 cm³/mol. The number of fused-ring (bicyclic) bond motifs is 1. The summed E-state index contributed by atoms with van der Waals surface area (Å²) >= 11 is 1.76. The number of thioether (sulfide) groups is 1. The van der Waals surface area contributed by atoms with Gasteiger partial charge in [0.05, 0.1) is 6.04 Å². The zero-order valence-corrected chi connectivity index (χ0v) is 11.6. The number of hydrogen-bond acceptors (Lipinski definition) is 6. The van der Waals surface area contributed by atoms with Crippen molar-refractivity contribution in [2.75, 3.05) is 11.5 Å². The molecule has 2 heterocycles. The van der Waals surface area contributed by atoms with E-state index < -0.39 is 0 Å². The summed E-state index contributed by atoms with van der Waals surface area (Å²) in [4.78, 5) is 5.27. The number of nitrogen functional groups attached to an aromatic ring is 1. The molecule has 2 aromatic rings. The topological polar surface area (TPSA) is 86.2 Å². The Hall–Kier alpha value is -1.76. The fourth-order valence-electron chi connectivity index (χ4n) is 2.27. The van der Waals surface area contributed by atoms with E-state index in [1.165, 1.54) is 0 Å². The van der Waals surface area contributed by atoms with Crippen molar-refractivity contribution in [3.05, 3.63) is 48.3 Å². The fourth-order valence-corrected chi connectivity index (χ4v) is 3.31. The highest BCUT2D eigenvalue weighted by atomic mass is 32.2. The van der Waals surface area contributed by atoms with E-state index in [0.717, 1.165) is 22.0 Å². The number of nitrogens with one attached hydrogen (secondary N) is 1. The fraction of sp³-hybridized carbons (Fsp3) is 0.214. The second kappa shape index (κ2) is 5.70. The number of nitrogens with two attached hydrogens (primary N) is 2. The van der Waals surface area contributed by atoms with Gasteiger partial charge in [0.2, 0.25) is 0 Å². The Balaban J connectivity index is 1.87. The van der Waals surface area contributed by atoms with E-state index in [1.807, 2.05) is 18.2 Å². The third kappa shape index (κ3) is 2.45. The van der Waals surface area contributed by atoms with Crippen molar-refractivity contribution in [3.63, 3.8) is 0 Å². The van der Waals surface area contributed by atoms with Gasteiger partial charge in [0.25, 0.3) is 0 Å². The first-order valence-electron chi connectivity index (χ1n) is 6.33. The highest BCUT2D eigenvalue weighted by Crippen LogP contribution is 2.38. The van der Waals surface area contributed by atoms with Gasteiger partial charge in [-0.2, -0.15) is 0 Å². The van der Waals surface area contributed by atoms with Crippen LogP contribution in [0.4, 0.5) is 5.69 Å². The molecular weight excluding hydrogens is 272 g/mol. The molecule has 0 bridgehead atoms. The smallest absolute Gasteiger partial charge is 0.133 e. The Bertz CT molecular complexity index is 607. The molecule has 0 amide bonds. The molecule has 1 aliphatic rings. The van der Waals surface area contributed by atoms with Gasteiger partial charge in [0.15, 0.2) is 0 Å². The molecule has 5 N–H and O–H groups in total. The van der Waals surface area contributed by atoms with Crippen LogP contribution in [0.3, 0.4) is 0 Å². The Labute approximate surface area is 121 Å². The number of nitrogens with zero attached hydrogens (tertiary/aromatic N) is 1. The lowest BCUT2D eigenvalue weighted by Crippen LogP contribution is -2.42. The Kier molecular flexibility index (Phi) is 3.77. The van der Waals surface area contributed by atoms with Gasteiger partial charge >= 0.3 is 0 Å². The van der Waals surface area contributed by atoms with Crippen molar-refractivity contribution in [2.45, 2.75) is 17.0 Å². The summed E-state index contributed by atoms with van der Waals surface area (Å²) in [5, 5.41) is 0. The number of hydrogen-bond donors (Lipinski definition) is 3. The van der Waals surface area contributed by atoms with Crippen molar-refractivity contribution >= 4 is 17.4 Å². The third-order valence-corrected chi connectivity index (χ3v) is 4.45. The van der Waals surface area contributed by atoms with Gasteiger partial charge in [-0.25, -0.2) is 5.43 Å². The van der Waals surface area contributed by atoms with Gasteiger partial charge in [0, 0.05) is 34.3 Å². The van der Waals surface area contributed by atoms with E-state index in [-0.39, 0.29) is 12.1 Å². The van der Waals surface area contributed by atoms with Crippen LogP contribution in [0, 0.1) is 0 Å². The quantitative estimate of drug-likeness (QED) is 0.589. The summed E-state index contributed by atoms with van der Waals surface area (Å²) in [5.74, 6) is 7.39. The average molecular weight is 288 g/mol. The zero-order valence-electron chi connectivity index (χ0n) is 10.8. The summed E-state index contributed by atoms with van der Waals surface area (Å²) in [6.45, 7) is 0. The normalized spacial score (nSPS) is 18.9. The number of anilines is 1. The number of rotatable bonds is 3. The first-order chi connectivity index (χ1) is 9.79. The third-order valence-electron chi connectivity index (χ3n) is 3.30. The van der Waals surface area contributed by atoms with Gasteiger partial charge < -0.3 is 10.5 Å². The monoisotopic (exact) mass is 288 g/mol. The van der Waals surface area contributed by atoms with Gasteiger partial charge in [0.1, 0.15) is 11.9 Å². The van der Waals surface area contributed by atoms with Gasteiger partial charge in [-0.3, -0.25) is 10.8 Å². The molecule has 1 aliphatic heterocycles. The molecule has 0 saturated heterocycles. The van der Waals surface area contributed by atoms with E-state index in [9.17, 15) is 0 Å². The Morgan fingerprint density at radius 2 is 2.20 bits per heavy atom.